The van der Waals surface area contributed by atoms with Crippen LogP contribution in [-0.2, 0) is 35.4 Å². The molecule has 66 heavy (non-hydrogen) atoms. The maximum Gasteiger partial charge on any atom is 0.485 e. The lowest BCUT2D eigenvalue weighted by molar-refractivity contribution is -0.162. The molecule has 0 amide bonds. The highest BCUT2D eigenvalue weighted by molar-refractivity contribution is 7.97. The van der Waals surface area contributed by atoms with Crippen molar-refractivity contribution in [3.63, 3.8) is 0 Å². The van der Waals surface area contributed by atoms with Gasteiger partial charge in [0.15, 0.2) is 24.8 Å². The molecule has 0 atom stereocenters. The van der Waals surface area contributed by atoms with Gasteiger partial charge in [-0.05, 0) is 242 Å². The Labute approximate surface area is 387 Å². The maximum atomic E-state index is 13.8. The molecule has 12 aliphatic carbocycles. The number of halogens is 3. The standard InChI is InChI=1S/C51H57O6S.CHF3O3S/c52-46(49-22-31-13-32(23-49)15-33(14-31)24-49)55-40-1-7-43(8-2-40)58(44-9-3-41(4-10-44)56-47(53)50-25-34-16-35(26-50)18-36(17-34)27-50)45-11-5-42(6-12-45)57-48(54)51-28-37-19-38(29-51)21-39(20-37)30-51;2-1(3,4)8(5,6)7/h1-12,31-39H,13-30H2;(H,5,6,7)/q+1;/p-1. The topological polar surface area (TPSA) is 136 Å². The summed E-state index contributed by atoms with van der Waals surface area (Å²) in [4.78, 5) is 44.7. The van der Waals surface area contributed by atoms with Gasteiger partial charge in [-0.2, -0.15) is 13.2 Å². The van der Waals surface area contributed by atoms with E-state index in [2.05, 4.69) is 36.4 Å². The fourth-order valence-corrected chi connectivity index (χ4v) is 18.1. The van der Waals surface area contributed by atoms with Crippen molar-refractivity contribution in [2.75, 3.05) is 0 Å². The van der Waals surface area contributed by atoms with E-state index < -0.39 is 26.5 Å². The molecule has 0 unspecified atom stereocenters. The van der Waals surface area contributed by atoms with Gasteiger partial charge < -0.3 is 18.8 Å². The van der Waals surface area contributed by atoms with Gasteiger partial charge in [0.25, 0.3) is 0 Å². The summed E-state index contributed by atoms with van der Waals surface area (Å²) in [5, 5.41) is 0. The van der Waals surface area contributed by atoms with Crippen LogP contribution in [0.5, 0.6) is 17.2 Å². The number of rotatable bonds is 9. The largest absolute Gasteiger partial charge is 0.741 e. The molecule has 15 rings (SSSR count). The Morgan fingerprint density at radius 3 is 0.788 bits per heavy atom. The third-order valence-corrected chi connectivity index (χ3v) is 20.3. The number of hydrogen-bond donors (Lipinski definition) is 0. The van der Waals surface area contributed by atoms with Crippen molar-refractivity contribution in [2.45, 2.75) is 136 Å². The molecule has 3 aromatic carbocycles. The number of carbonyl (C=O) groups excluding carboxylic acids is 3. The number of benzene rings is 3. The van der Waals surface area contributed by atoms with Crippen molar-refractivity contribution in [1.82, 2.24) is 0 Å². The van der Waals surface area contributed by atoms with Crippen LogP contribution >= 0.6 is 0 Å². The summed E-state index contributed by atoms with van der Waals surface area (Å²) < 4.78 is 77.5. The lowest BCUT2D eigenvalue weighted by Gasteiger charge is -2.55. The summed E-state index contributed by atoms with van der Waals surface area (Å²) in [5.41, 5.74) is -6.56. The van der Waals surface area contributed by atoms with Crippen LogP contribution in [0.4, 0.5) is 13.2 Å². The molecule has 0 heterocycles. The molecule has 12 aliphatic rings. The molecular formula is C52H57F3O9S2. The Morgan fingerprint density at radius 1 is 0.439 bits per heavy atom. The van der Waals surface area contributed by atoms with Gasteiger partial charge in [0.2, 0.25) is 0 Å². The Hall–Kier alpha value is -3.88. The van der Waals surface area contributed by atoms with Gasteiger partial charge in [-0.15, -0.1) is 0 Å². The lowest BCUT2D eigenvalue weighted by atomic mass is 9.49. The van der Waals surface area contributed by atoms with Crippen molar-refractivity contribution >= 4 is 38.9 Å². The van der Waals surface area contributed by atoms with Crippen LogP contribution in [0.3, 0.4) is 0 Å². The third-order valence-electron chi connectivity index (χ3n) is 17.5. The van der Waals surface area contributed by atoms with Crippen LogP contribution in [0.15, 0.2) is 87.5 Å². The number of hydrogen-bond acceptors (Lipinski definition) is 9. The van der Waals surface area contributed by atoms with E-state index in [4.69, 9.17) is 27.2 Å². The number of esters is 3. The highest BCUT2D eigenvalue weighted by Gasteiger charge is 2.58. The van der Waals surface area contributed by atoms with E-state index in [0.29, 0.717) is 70.5 Å². The van der Waals surface area contributed by atoms with Crippen LogP contribution in [0.2, 0.25) is 0 Å². The van der Waals surface area contributed by atoms with Crippen LogP contribution in [0.25, 0.3) is 0 Å². The normalized spacial score (nSPS) is 36.9. The van der Waals surface area contributed by atoms with E-state index in [1.807, 2.05) is 36.4 Å². The molecular weight excluding hydrogens is 890 g/mol. The summed E-state index contributed by atoms with van der Waals surface area (Å²) in [5.74, 6) is 7.86. The van der Waals surface area contributed by atoms with Crippen LogP contribution in [0, 0.1) is 69.5 Å². The zero-order chi connectivity index (χ0) is 45.8. The van der Waals surface area contributed by atoms with E-state index in [-0.39, 0.29) is 34.2 Å². The molecule has 352 valence electrons. The first kappa shape index (κ1) is 44.6. The molecule has 0 spiro atoms. The SMILES string of the molecule is O=C(Oc1ccc([S+](c2ccc(OC(=O)C34CC5CC(CC(C5)C3)C4)cc2)c2ccc(OC(=O)C34CC5CC(CC(C5)C3)C4)cc2)cc1)C12CC3CC(CC(C3)C1)C2.O=S(=O)([O-])C(F)(F)F. The molecule has 0 saturated heterocycles. The number of carbonyl (C=O) groups is 3. The average molecular weight is 947 g/mol. The van der Waals surface area contributed by atoms with E-state index in [1.54, 1.807) is 0 Å². The predicted octanol–water partition coefficient (Wildman–Crippen LogP) is 11.2. The minimum Gasteiger partial charge on any atom is -0.741 e. The molecule has 12 saturated carbocycles. The van der Waals surface area contributed by atoms with Crippen molar-refractivity contribution < 1.29 is 54.7 Å². The van der Waals surface area contributed by atoms with Gasteiger partial charge in [-0.1, -0.05) is 0 Å². The van der Waals surface area contributed by atoms with E-state index >= 15 is 0 Å². The van der Waals surface area contributed by atoms with Gasteiger partial charge in [0, 0.05) is 0 Å². The molecule has 0 aromatic heterocycles. The zero-order valence-electron chi connectivity index (χ0n) is 37.0. The molecule has 0 radical (unpaired) electrons. The first-order valence-corrected chi connectivity index (χ1v) is 26.8. The van der Waals surface area contributed by atoms with Gasteiger partial charge >= 0.3 is 23.4 Å². The van der Waals surface area contributed by atoms with Crippen molar-refractivity contribution in [3.05, 3.63) is 72.8 Å². The van der Waals surface area contributed by atoms with Crippen LogP contribution in [0.1, 0.15) is 116 Å². The molecule has 0 aliphatic heterocycles. The molecule has 0 N–H and O–H groups in total. The minimum absolute atomic E-state index is 0.0318. The average Bonchev–Trinajstić information content (AvgIpc) is 3.24. The Kier molecular flexibility index (Phi) is 11.1. The second-order valence-electron chi connectivity index (χ2n) is 22.4. The highest BCUT2D eigenvalue weighted by Crippen LogP contribution is 2.63. The minimum atomic E-state index is -6.09. The predicted molar refractivity (Wildman–Crippen MR) is 236 cm³/mol. The lowest BCUT2D eigenvalue weighted by Crippen LogP contribution is -2.51. The summed E-state index contributed by atoms with van der Waals surface area (Å²) >= 11 is 0. The summed E-state index contributed by atoms with van der Waals surface area (Å²) in [7, 11) is -6.62. The van der Waals surface area contributed by atoms with Gasteiger partial charge in [-0.3, -0.25) is 14.4 Å². The van der Waals surface area contributed by atoms with E-state index in [9.17, 15) is 27.6 Å². The van der Waals surface area contributed by atoms with Crippen LogP contribution in [-0.4, -0.2) is 36.4 Å². The quantitative estimate of drug-likeness (QED) is 0.0675. The monoisotopic (exact) mass is 946 g/mol. The van der Waals surface area contributed by atoms with Crippen molar-refractivity contribution in [2.24, 2.45) is 69.5 Å². The molecule has 12 fully saturated rings. The fraction of sp³-hybridized carbons (Fsp3) is 0.596. The second kappa shape index (κ2) is 16.4. The van der Waals surface area contributed by atoms with Crippen molar-refractivity contribution in [3.8, 4) is 17.2 Å². The Bertz CT molecular complexity index is 2140. The molecule has 3 aromatic rings. The number of alkyl halides is 3. The van der Waals surface area contributed by atoms with E-state index in [0.717, 1.165) is 72.5 Å². The highest BCUT2D eigenvalue weighted by atomic mass is 32.2. The smallest absolute Gasteiger partial charge is 0.485 e. The Balaban J connectivity index is 0.000000554. The van der Waals surface area contributed by atoms with Crippen molar-refractivity contribution in [1.29, 1.82) is 0 Å². The Morgan fingerprint density at radius 2 is 0.621 bits per heavy atom. The third kappa shape index (κ3) is 8.40. The second-order valence-corrected chi connectivity index (χ2v) is 25.8. The fourth-order valence-electron chi connectivity index (χ4n) is 16.1. The summed E-state index contributed by atoms with van der Waals surface area (Å²) in [6.07, 6.45) is 20.5. The molecule has 12 bridgehead atoms. The summed E-state index contributed by atoms with van der Waals surface area (Å²) in [6, 6.07) is 24.3. The van der Waals surface area contributed by atoms with Gasteiger partial charge in [-0.25, -0.2) is 8.42 Å². The molecule has 14 heteroatoms. The maximum absolute atomic E-state index is 13.8. The van der Waals surface area contributed by atoms with Gasteiger partial charge in [0.1, 0.15) is 17.2 Å². The van der Waals surface area contributed by atoms with E-state index in [1.165, 1.54) is 57.8 Å². The first-order valence-electron chi connectivity index (χ1n) is 24.1. The first-order chi connectivity index (χ1) is 31.4. The molecule has 9 nitrogen and oxygen atoms in total. The summed E-state index contributed by atoms with van der Waals surface area (Å²) in [6.45, 7) is 0. The zero-order valence-corrected chi connectivity index (χ0v) is 38.6. The van der Waals surface area contributed by atoms with Gasteiger partial charge in [0.05, 0.1) is 27.1 Å². The van der Waals surface area contributed by atoms with Crippen LogP contribution < -0.4 is 14.2 Å². The number of ether oxygens (including phenoxy) is 3.